The Labute approximate surface area is 440 Å². The number of hydrogen-bond acceptors (Lipinski definition) is 25. The number of aliphatic hydroxyl groups is 9. The lowest BCUT2D eigenvalue weighted by Crippen LogP contribution is -2.65. The minimum Gasteiger partial charge on any atom is -0.508 e. The lowest BCUT2D eigenvalue weighted by Gasteiger charge is -2.45. The second-order valence-electron chi connectivity index (χ2n) is 18.0. The van der Waals surface area contributed by atoms with Crippen LogP contribution < -0.4 is 19.6 Å². The van der Waals surface area contributed by atoms with E-state index in [1.54, 1.807) is 0 Å². The fourth-order valence-corrected chi connectivity index (χ4v) is 8.38. The van der Waals surface area contributed by atoms with E-state index in [-0.39, 0.29) is 51.4 Å². The number of aliphatic hydroxyl groups excluding tert-OH is 9. The van der Waals surface area contributed by atoms with E-state index in [4.69, 9.17) is 47.0 Å². The maximum absolute atomic E-state index is 13.1. The highest BCUT2D eigenvalue weighted by Gasteiger charge is 2.53. The summed E-state index contributed by atoms with van der Waals surface area (Å²) in [5.74, 6) is -3.96. The van der Waals surface area contributed by atoms with E-state index in [0.29, 0.717) is 11.1 Å². The van der Waals surface area contributed by atoms with Crippen molar-refractivity contribution in [3.8, 4) is 62.9 Å². The number of methoxy groups -OCH3 is 1. The van der Waals surface area contributed by atoms with Crippen molar-refractivity contribution in [2.75, 3.05) is 26.9 Å². The van der Waals surface area contributed by atoms with E-state index in [1.807, 2.05) is 0 Å². The zero-order chi connectivity index (χ0) is 56.1. The Balaban J connectivity index is 1.11. The van der Waals surface area contributed by atoms with Crippen LogP contribution in [0.15, 0.2) is 100 Å². The number of benzene rings is 4. The minimum atomic E-state index is -2.13. The lowest BCUT2D eigenvalue weighted by molar-refractivity contribution is -0.357. The van der Waals surface area contributed by atoms with Crippen LogP contribution in [0.1, 0.15) is 11.1 Å². The molecule has 418 valence electrons. The van der Waals surface area contributed by atoms with Gasteiger partial charge in [-0.1, -0.05) is 12.1 Å². The molecule has 15 atom stereocenters. The van der Waals surface area contributed by atoms with E-state index in [1.165, 1.54) is 86.0 Å². The van der Waals surface area contributed by atoms with E-state index < -0.39 is 141 Å². The Kier molecular flexibility index (Phi) is 17.8. The molecule has 3 aromatic carbocycles. The van der Waals surface area contributed by atoms with Crippen molar-refractivity contribution >= 4 is 24.1 Å². The monoisotopic (exact) mass is 1100 g/mol. The molecule has 0 aromatic heterocycles. The summed E-state index contributed by atoms with van der Waals surface area (Å²) in [5, 5.41) is 138. The van der Waals surface area contributed by atoms with Crippen molar-refractivity contribution in [3.63, 3.8) is 0 Å². The highest BCUT2D eigenvalue weighted by atomic mass is 16.8. The Hall–Kier alpha value is -7.41. The van der Waals surface area contributed by atoms with E-state index in [2.05, 4.69) is 0 Å². The highest BCUT2D eigenvalue weighted by Crippen LogP contribution is 2.44. The number of phenolic OH excluding ortho intramolecular Hbond substituents is 4. The lowest BCUT2D eigenvalue weighted by atomic mass is 9.97. The molecule has 0 spiro atoms. The maximum atomic E-state index is 13.1. The number of aromatic hydroxyl groups is 4. The molecule has 4 aliphatic heterocycles. The van der Waals surface area contributed by atoms with Crippen LogP contribution in [0.4, 0.5) is 0 Å². The molecule has 0 saturated carbocycles. The molecule has 14 N–H and O–H groups in total. The zero-order valence-corrected chi connectivity index (χ0v) is 40.8. The molecule has 3 saturated heterocycles. The number of rotatable bonds is 17. The Morgan fingerprint density at radius 3 is 1.86 bits per heavy atom. The van der Waals surface area contributed by atoms with Crippen molar-refractivity contribution in [3.05, 3.63) is 112 Å². The summed E-state index contributed by atoms with van der Waals surface area (Å²) in [4.78, 5) is 36.6. The Bertz CT molecular complexity index is 2980. The number of ether oxygens (including phenoxy) is 9. The maximum Gasteiger partial charge on any atom is 0.510 e. The third-order valence-electron chi connectivity index (χ3n) is 12.7. The molecule has 3 aromatic rings. The second-order valence-corrected chi connectivity index (χ2v) is 18.0. The standard InChI is InChI=1S/C52H54O26/c1-69-33-15-23(3-11-29(33)57)5-13-39(60)70-20-36-41(62)44(65)47(68)51(76-36)78-49-45(66)42(63)37(21-71-38(59)12-4-22-2-10-28(56)30(58)14-22)77-52(49)74-34-18-27-31(72-48(34)24-6-8-25(54)9-7-24)16-26(55)17-32(27)73-50-46(67)43(64)40(61)35(19-53)75-50/h2-18,35-37,40-47,49-54,56-58,61-68H,19-21H2,1H3/p+1/t35-,36-,37-,40-,41-,42-,43+,44+,45+,46-,47-,49-,50-,51+,52+/m1/s1. The Morgan fingerprint density at radius 2 is 1.18 bits per heavy atom. The normalized spacial score (nSPS) is 29.3. The van der Waals surface area contributed by atoms with Gasteiger partial charge in [0.2, 0.25) is 19.2 Å². The summed E-state index contributed by atoms with van der Waals surface area (Å²) in [6.07, 6.45) is -23.7. The number of fused-ring (bicyclic) bond motifs is 1. The molecule has 26 heteroatoms. The average Bonchev–Trinajstić information content (AvgIpc) is 3.51. The first-order chi connectivity index (χ1) is 37.2. The molecule has 78 heavy (non-hydrogen) atoms. The minimum absolute atomic E-state index is 0.107. The van der Waals surface area contributed by atoms with Gasteiger partial charge in [-0.15, -0.1) is 0 Å². The van der Waals surface area contributed by atoms with Crippen molar-refractivity contribution < 1.29 is 123 Å². The van der Waals surface area contributed by atoms with Gasteiger partial charge < -0.3 is 118 Å². The predicted octanol–water partition coefficient (Wildman–Crippen LogP) is -1.07. The van der Waals surface area contributed by atoms with Crippen LogP contribution in [-0.4, -0.2) is 202 Å². The first-order valence-corrected chi connectivity index (χ1v) is 23.8. The van der Waals surface area contributed by atoms with Crippen molar-refractivity contribution in [2.24, 2.45) is 0 Å². The van der Waals surface area contributed by atoms with Gasteiger partial charge in [0.15, 0.2) is 58.4 Å². The third kappa shape index (κ3) is 12.8. The molecule has 0 bridgehead atoms. The van der Waals surface area contributed by atoms with Gasteiger partial charge >= 0.3 is 11.9 Å². The zero-order valence-electron chi connectivity index (χ0n) is 40.8. The number of phenols is 4. The Morgan fingerprint density at radius 1 is 0.590 bits per heavy atom. The fraction of sp³-hybridized carbons (Fsp3) is 0.365. The van der Waals surface area contributed by atoms with Crippen LogP contribution in [0.25, 0.3) is 34.8 Å². The molecule has 0 radical (unpaired) electrons. The van der Waals surface area contributed by atoms with Crippen LogP contribution in [0.5, 0.6) is 40.2 Å². The largest absolute Gasteiger partial charge is 0.510 e. The third-order valence-corrected chi connectivity index (χ3v) is 12.7. The fourth-order valence-electron chi connectivity index (χ4n) is 8.38. The van der Waals surface area contributed by atoms with E-state index >= 15 is 0 Å². The predicted molar refractivity (Wildman–Crippen MR) is 262 cm³/mol. The van der Waals surface area contributed by atoms with Crippen LogP contribution >= 0.6 is 0 Å². The average molecular weight is 1100 g/mol. The summed E-state index contributed by atoms with van der Waals surface area (Å²) in [6.45, 7) is -2.32. The quantitative estimate of drug-likeness (QED) is 0.0228. The summed E-state index contributed by atoms with van der Waals surface area (Å²) < 4.78 is 57.9. The first-order valence-electron chi connectivity index (χ1n) is 23.8. The summed E-state index contributed by atoms with van der Waals surface area (Å²) >= 11 is 0. The van der Waals surface area contributed by atoms with Crippen LogP contribution in [0.3, 0.4) is 0 Å². The second kappa shape index (κ2) is 24.5. The highest BCUT2D eigenvalue weighted by molar-refractivity contribution is 5.88. The van der Waals surface area contributed by atoms with Crippen molar-refractivity contribution in [1.82, 2.24) is 0 Å². The topological polar surface area (TPSA) is 415 Å². The number of carbonyl (C=O) groups is 1. The molecule has 0 unspecified atom stereocenters. The molecule has 1 aliphatic carbocycles. The van der Waals surface area contributed by atoms with Crippen molar-refractivity contribution in [1.29, 1.82) is 0 Å². The summed E-state index contributed by atoms with van der Waals surface area (Å²) in [7, 11) is 1.33. The van der Waals surface area contributed by atoms with Gasteiger partial charge in [-0.25, -0.2) is 4.79 Å². The van der Waals surface area contributed by atoms with Gasteiger partial charge in [0.05, 0.1) is 25.4 Å². The summed E-state index contributed by atoms with van der Waals surface area (Å²) in [5.41, 5.74) is 0.0794. The smallest absolute Gasteiger partial charge is 0.508 e. The molecular formula is C52H55O26+. The molecule has 8 rings (SSSR count). The van der Waals surface area contributed by atoms with Crippen LogP contribution in [-0.2, 0) is 33.2 Å². The van der Waals surface area contributed by atoms with Crippen LogP contribution in [0, 0.1) is 0 Å². The van der Waals surface area contributed by atoms with Gasteiger partial charge in [0.25, 0.3) is 0 Å². The number of esters is 2. The summed E-state index contributed by atoms with van der Waals surface area (Å²) in [6, 6.07) is 16.5. The molecular weight excluding hydrogens is 1040 g/mol. The molecule has 3 fully saturated rings. The van der Waals surface area contributed by atoms with Crippen molar-refractivity contribution in [2.45, 2.75) is 92.1 Å². The van der Waals surface area contributed by atoms with Gasteiger partial charge in [-0.05, 0) is 77.9 Å². The van der Waals surface area contributed by atoms with Gasteiger partial charge in [-0.3, -0.25) is 4.79 Å². The van der Waals surface area contributed by atoms with Crippen LogP contribution in [0.2, 0.25) is 0 Å². The molecule has 26 nitrogen and oxygen atoms in total. The van der Waals surface area contributed by atoms with Gasteiger partial charge in [0, 0.05) is 23.8 Å². The first kappa shape index (κ1) is 56.8. The van der Waals surface area contributed by atoms with E-state index in [9.17, 15) is 80.8 Å². The molecule has 5 aliphatic rings. The number of carbonyl (C=O) groups excluding carboxylic acids is 2. The molecule has 0 amide bonds. The van der Waals surface area contributed by atoms with Gasteiger partial charge in [-0.2, -0.15) is 0 Å². The van der Waals surface area contributed by atoms with Gasteiger partial charge in [0.1, 0.15) is 84.9 Å². The SMILES string of the molecule is COc1cc(C=CC(=O)OC[C@H]2O[C@@H](O[C@H]3[C@@H](Oc4cc5c(O[C@@H]6O[C@H](CO)[C@@H](O)[C@H](O)[C@H]6O)cc(=O)cc-5oc4-c4ccc(O)cc4)O[C@H](COC(=[OH+])C=Cc4ccc(O)c(O)c4)[C@@H](O)[C@@H]3O)[C@H](O)[C@@H](O)[C@@H]2O)ccc1O. The number of hydrogen-bond donors (Lipinski definition) is 13. The van der Waals surface area contributed by atoms with E-state index in [0.717, 1.165) is 24.3 Å². The molecule has 4 heterocycles.